The van der Waals surface area contributed by atoms with Gasteiger partial charge in [-0.2, -0.15) is 5.10 Å². The summed E-state index contributed by atoms with van der Waals surface area (Å²) >= 11 is 1.23. The van der Waals surface area contributed by atoms with Gasteiger partial charge in [-0.3, -0.25) is 9.83 Å². The Balaban J connectivity index is 1.40. The summed E-state index contributed by atoms with van der Waals surface area (Å²) in [5, 5.41) is 15.2. The van der Waals surface area contributed by atoms with E-state index in [1.165, 1.54) is 11.8 Å². The number of ether oxygens (including phenoxy) is 1. The normalized spacial score (nSPS) is 30.6. The van der Waals surface area contributed by atoms with Crippen molar-refractivity contribution in [2.75, 3.05) is 31.3 Å². The molecule has 10 nitrogen and oxygen atoms in total. The maximum absolute atomic E-state index is 13.5. The Morgan fingerprint density at radius 3 is 2.62 bits per heavy atom. The third kappa shape index (κ3) is 4.22. The summed E-state index contributed by atoms with van der Waals surface area (Å²) in [6.07, 6.45) is 5.71. The monoisotopic (exact) mass is 552 g/mol. The second-order valence-electron chi connectivity index (χ2n) is 11.3. The topological polar surface area (TPSA) is 121 Å². The fraction of sp³-hybridized carbons (Fsp3) is 0.667. The lowest BCUT2D eigenvalue weighted by molar-refractivity contribution is 0.0250. The average Bonchev–Trinajstić information content (AvgIpc) is 3.19. The molecule has 1 aliphatic carbocycles. The number of pyridine rings is 1. The van der Waals surface area contributed by atoms with Crippen molar-refractivity contribution in [1.29, 1.82) is 0 Å². The van der Waals surface area contributed by atoms with Gasteiger partial charge in [0.15, 0.2) is 10.7 Å². The Bertz CT molecular complexity index is 1370. The van der Waals surface area contributed by atoms with Crippen LogP contribution >= 0.6 is 11.8 Å². The number of piperidine rings is 1. The largest absolute Gasteiger partial charge is 0.390 e. The molecule has 13 heteroatoms. The number of fused-ring (bicyclic) bond motifs is 1. The lowest BCUT2D eigenvalue weighted by atomic mass is 9.74. The molecular weight excluding hydrogens is 519 g/mol. The van der Waals surface area contributed by atoms with E-state index in [9.17, 15) is 17.9 Å². The second kappa shape index (κ2) is 8.54. The highest BCUT2D eigenvalue weighted by Crippen LogP contribution is 2.45. The number of sulfonamides is 1. The summed E-state index contributed by atoms with van der Waals surface area (Å²) in [5.74, 6) is 0.539. The number of hydrogen-bond donors (Lipinski definition) is 3. The summed E-state index contributed by atoms with van der Waals surface area (Å²) in [5.41, 5.74) is 3.81. The van der Waals surface area contributed by atoms with Gasteiger partial charge < -0.3 is 14.7 Å². The molecular formula is C24H33FN6O4S2. The van der Waals surface area contributed by atoms with E-state index in [0.29, 0.717) is 30.6 Å². The van der Waals surface area contributed by atoms with Gasteiger partial charge in [0.1, 0.15) is 16.6 Å². The number of rotatable bonds is 6. The molecule has 1 spiro atoms. The van der Waals surface area contributed by atoms with Gasteiger partial charge in [-0.05, 0) is 52.5 Å². The molecule has 2 saturated heterocycles. The molecule has 2 aromatic heterocycles. The van der Waals surface area contributed by atoms with Gasteiger partial charge in [-0.1, -0.05) is 11.8 Å². The van der Waals surface area contributed by atoms with E-state index in [0.717, 1.165) is 36.9 Å². The second-order valence-corrected chi connectivity index (χ2v) is 14.4. The molecule has 6 rings (SSSR count). The van der Waals surface area contributed by atoms with Crippen LogP contribution in [0.2, 0.25) is 0 Å². The Morgan fingerprint density at radius 2 is 2.03 bits per heavy atom. The molecule has 2 unspecified atom stereocenters. The van der Waals surface area contributed by atoms with Gasteiger partial charge in [0, 0.05) is 30.2 Å². The first-order valence-corrected chi connectivity index (χ1v) is 15.0. The SMILES string of the molecule is C[C@H]1OCC2(CCN(c3cc(S(=O)(=O)NC4(C)CC4)cn4c(C5(C)NN=C(CF)S5)ncc34)CC2)C1O. The molecule has 1 saturated carbocycles. The van der Waals surface area contributed by atoms with E-state index < -0.39 is 33.2 Å². The van der Waals surface area contributed by atoms with Crippen molar-refractivity contribution < 1.29 is 22.7 Å². The minimum Gasteiger partial charge on any atom is -0.390 e. The number of halogens is 1. The van der Waals surface area contributed by atoms with E-state index in [-0.39, 0.29) is 16.4 Å². The van der Waals surface area contributed by atoms with Crippen molar-refractivity contribution in [1.82, 2.24) is 19.5 Å². The van der Waals surface area contributed by atoms with Crippen LogP contribution in [0.25, 0.3) is 5.52 Å². The van der Waals surface area contributed by atoms with Gasteiger partial charge in [0.25, 0.3) is 0 Å². The van der Waals surface area contributed by atoms with Crippen LogP contribution in [0.5, 0.6) is 0 Å². The number of hydrazone groups is 1. The molecule has 0 aromatic carbocycles. The van der Waals surface area contributed by atoms with Crippen LogP contribution < -0.4 is 15.0 Å². The van der Waals surface area contributed by atoms with Crippen molar-refractivity contribution in [3.63, 3.8) is 0 Å². The number of thioether (sulfide) groups is 1. The third-order valence-electron chi connectivity index (χ3n) is 8.35. The predicted octanol–water partition coefficient (Wildman–Crippen LogP) is 2.32. The highest BCUT2D eigenvalue weighted by atomic mass is 32.2. The van der Waals surface area contributed by atoms with Gasteiger partial charge in [0.2, 0.25) is 10.0 Å². The summed E-state index contributed by atoms with van der Waals surface area (Å²) in [6, 6.07) is 1.72. The van der Waals surface area contributed by atoms with Crippen molar-refractivity contribution in [3.05, 3.63) is 24.3 Å². The first-order valence-electron chi connectivity index (χ1n) is 12.7. The number of aromatic nitrogens is 2. The van der Waals surface area contributed by atoms with E-state index in [4.69, 9.17) is 4.74 Å². The Hall–Kier alpha value is -1.93. The van der Waals surface area contributed by atoms with Crippen LogP contribution in [0.4, 0.5) is 10.1 Å². The average molecular weight is 553 g/mol. The van der Waals surface area contributed by atoms with E-state index in [1.807, 2.05) is 20.8 Å². The Morgan fingerprint density at radius 1 is 1.30 bits per heavy atom. The fourth-order valence-electron chi connectivity index (χ4n) is 5.69. The number of hydrogen-bond acceptors (Lipinski definition) is 9. The predicted molar refractivity (Wildman–Crippen MR) is 140 cm³/mol. The molecule has 202 valence electrons. The number of alkyl halides is 1. The molecule has 4 aliphatic rings. The fourth-order valence-corrected chi connectivity index (χ4v) is 8.12. The standard InChI is InChI=1S/C24H33FN6O4S2/c1-15-20(32)24(14-35-15)6-8-30(9-7-24)17-10-16(37(33,34)29-22(2)4-5-22)13-31-18(17)12-26-21(31)23(3)28-27-19(11-25)36-23/h10,12-13,15,20,28-29,32H,4-9,11,14H2,1-3H3/t15-,20?,23?/m1/s1. The van der Waals surface area contributed by atoms with Crippen LogP contribution in [0.15, 0.2) is 28.5 Å². The van der Waals surface area contributed by atoms with Crippen LogP contribution in [0, 0.1) is 5.41 Å². The van der Waals surface area contributed by atoms with Gasteiger partial charge in [-0.25, -0.2) is 22.5 Å². The zero-order valence-electron chi connectivity index (χ0n) is 21.2. The molecule has 3 atom stereocenters. The van der Waals surface area contributed by atoms with Crippen molar-refractivity contribution in [3.8, 4) is 0 Å². The van der Waals surface area contributed by atoms with E-state index in [1.54, 1.807) is 22.9 Å². The van der Waals surface area contributed by atoms with Crippen LogP contribution in [-0.4, -0.2) is 72.1 Å². The Kier molecular flexibility index (Phi) is 5.85. The van der Waals surface area contributed by atoms with Crippen molar-refractivity contribution >= 4 is 38.0 Å². The molecule has 0 bridgehead atoms. The van der Waals surface area contributed by atoms with E-state index in [2.05, 4.69) is 25.1 Å². The zero-order chi connectivity index (χ0) is 26.2. The number of aliphatic hydroxyl groups excluding tert-OH is 1. The third-order valence-corrected chi connectivity index (χ3v) is 11.1. The quantitative estimate of drug-likeness (QED) is 0.500. The van der Waals surface area contributed by atoms with Crippen molar-refractivity contribution in [2.24, 2.45) is 10.5 Å². The maximum atomic E-state index is 13.5. The number of imidazole rings is 1. The van der Waals surface area contributed by atoms with Crippen LogP contribution in [0.3, 0.4) is 0 Å². The molecule has 3 fully saturated rings. The number of nitrogens with zero attached hydrogens (tertiary/aromatic N) is 4. The summed E-state index contributed by atoms with van der Waals surface area (Å²) < 4.78 is 50.7. The zero-order valence-corrected chi connectivity index (χ0v) is 22.8. The van der Waals surface area contributed by atoms with Crippen LogP contribution in [-0.2, 0) is 19.6 Å². The molecule has 0 radical (unpaired) electrons. The van der Waals surface area contributed by atoms with Crippen LogP contribution in [0.1, 0.15) is 52.3 Å². The Labute approximate surface area is 220 Å². The molecule has 2 aromatic rings. The number of anilines is 1. The van der Waals surface area contributed by atoms with Gasteiger partial charge >= 0.3 is 0 Å². The number of aliphatic hydroxyl groups is 1. The lowest BCUT2D eigenvalue weighted by Crippen LogP contribution is -2.47. The number of nitrogens with one attached hydrogen (secondary N) is 2. The molecule has 37 heavy (non-hydrogen) atoms. The summed E-state index contributed by atoms with van der Waals surface area (Å²) in [4.78, 5) is 6.13. The summed E-state index contributed by atoms with van der Waals surface area (Å²) in [7, 11) is -3.80. The first-order chi connectivity index (χ1) is 17.5. The lowest BCUT2D eigenvalue weighted by Gasteiger charge is -2.41. The summed E-state index contributed by atoms with van der Waals surface area (Å²) in [6.45, 7) is 6.81. The van der Waals surface area contributed by atoms with Gasteiger partial charge in [0.05, 0.1) is 36.2 Å². The van der Waals surface area contributed by atoms with Crippen molar-refractivity contribution in [2.45, 2.75) is 74.0 Å². The highest BCUT2D eigenvalue weighted by Gasteiger charge is 2.49. The van der Waals surface area contributed by atoms with E-state index >= 15 is 0 Å². The maximum Gasteiger partial charge on any atom is 0.242 e. The first kappa shape index (κ1) is 25.4. The smallest absolute Gasteiger partial charge is 0.242 e. The highest BCUT2D eigenvalue weighted by molar-refractivity contribution is 8.15. The molecule has 3 N–H and O–H groups in total. The molecule has 5 heterocycles. The minimum absolute atomic E-state index is 0.152. The molecule has 0 amide bonds. The molecule has 3 aliphatic heterocycles. The van der Waals surface area contributed by atoms with Gasteiger partial charge in [-0.15, -0.1) is 0 Å². The minimum atomic E-state index is -3.80.